The van der Waals surface area contributed by atoms with E-state index in [-0.39, 0.29) is 11.9 Å². The second-order valence-corrected chi connectivity index (χ2v) is 7.69. The first-order valence-corrected chi connectivity index (χ1v) is 9.47. The number of hydrogen-bond donors (Lipinski definition) is 1. The molecule has 1 fully saturated rings. The van der Waals surface area contributed by atoms with Crippen molar-refractivity contribution in [3.05, 3.63) is 34.9 Å². The van der Waals surface area contributed by atoms with Crippen molar-refractivity contribution in [2.45, 2.75) is 64.0 Å². The Hall–Kier alpha value is -1.80. The molecular formula is C19H25ClF3N3O2. The van der Waals surface area contributed by atoms with Gasteiger partial charge in [0.05, 0.1) is 18.1 Å². The number of halogens is 4. The van der Waals surface area contributed by atoms with Crippen LogP contribution in [0.1, 0.15) is 45.2 Å². The van der Waals surface area contributed by atoms with Crippen LogP contribution in [0.5, 0.6) is 0 Å². The van der Waals surface area contributed by atoms with Crippen LogP contribution in [0.25, 0.3) is 0 Å². The maximum Gasteiger partial charge on any atom is 0.406 e. The summed E-state index contributed by atoms with van der Waals surface area (Å²) >= 11 is 6.07. The van der Waals surface area contributed by atoms with Crippen molar-refractivity contribution < 1.29 is 22.8 Å². The lowest BCUT2D eigenvalue weighted by molar-refractivity contribution is -0.167. The molecule has 2 unspecified atom stereocenters. The van der Waals surface area contributed by atoms with Crippen molar-refractivity contribution in [1.29, 1.82) is 0 Å². The van der Waals surface area contributed by atoms with E-state index in [4.69, 9.17) is 17.3 Å². The Morgan fingerprint density at radius 1 is 1.32 bits per heavy atom. The Kier molecular flexibility index (Phi) is 6.98. The molecule has 0 bridgehead atoms. The normalized spacial score (nSPS) is 22.1. The zero-order chi connectivity index (χ0) is 21.2. The van der Waals surface area contributed by atoms with Crippen molar-refractivity contribution in [1.82, 2.24) is 9.80 Å². The zero-order valence-electron chi connectivity index (χ0n) is 16.0. The van der Waals surface area contributed by atoms with Gasteiger partial charge in [0.1, 0.15) is 6.54 Å². The summed E-state index contributed by atoms with van der Waals surface area (Å²) in [5.41, 5.74) is 6.60. The van der Waals surface area contributed by atoms with Gasteiger partial charge in [-0.3, -0.25) is 9.59 Å². The molecule has 2 N–H and O–H groups in total. The van der Waals surface area contributed by atoms with Gasteiger partial charge in [0.2, 0.25) is 11.8 Å². The Bertz CT molecular complexity index is 727. The summed E-state index contributed by atoms with van der Waals surface area (Å²) in [7, 11) is 0. The summed E-state index contributed by atoms with van der Waals surface area (Å²) < 4.78 is 38.9. The van der Waals surface area contributed by atoms with Crippen LogP contribution in [0.4, 0.5) is 13.2 Å². The van der Waals surface area contributed by atoms with Crippen LogP contribution in [0.3, 0.4) is 0 Å². The minimum Gasteiger partial charge on any atom is -0.329 e. The molecule has 0 aliphatic carbocycles. The number of nitrogens with zero attached hydrogens (tertiary/aromatic N) is 2. The summed E-state index contributed by atoms with van der Waals surface area (Å²) in [6, 6.07) is 4.46. The van der Waals surface area contributed by atoms with E-state index >= 15 is 0 Å². The fraction of sp³-hybridized carbons (Fsp3) is 0.579. The van der Waals surface area contributed by atoms with E-state index in [0.717, 1.165) is 17.4 Å². The summed E-state index contributed by atoms with van der Waals surface area (Å²) in [6.45, 7) is 2.82. The number of alkyl halides is 3. The number of hydrogen-bond acceptors (Lipinski definition) is 3. The number of rotatable bonds is 5. The van der Waals surface area contributed by atoms with Crippen LogP contribution in [0.15, 0.2) is 24.3 Å². The third kappa shape index (κ3) is 5.17. The van der Waals surface area contributed by atoms with E-state index in [2.05, 4.69) is 0 Å². The molecule has 1 aliphatic heterocycles. The van der Waals surface area contributed by atoms with Crippen molar-refractivity contribution >= 4 is 23.4 Å². The average molecular weight is 420 g/mol. The van der Waals surface area contributed by atoms with Gasteiger partial charge in [-0.05, 0) is 44.4 Å². The van der Waals surface area contributed by atoms with E-state index in [1.807, 2.05) is 6.07 Å². The highest BCUT2D eigenvalue weighted by atomic mass is 35.5. The first-order chi connectivity index (χ1) is 12.9. The molecule has 1 heterocycles. The summed E-state index contributed by atoms with van der Waals surface area (Å²) in [4.78, 5) is 27.1. The molecular weight excluding hydrogens is 395 g/mol. The SMILES string of the molecule is CC(=O)N(CC(F)(F)F)C(C)[C@H]1CC[C@@H](c2cccc(Cl)c2)N1C(=O)C(C)N. The second-order valence-electron chi connectivity index (χ2n) is 7.25. The molecule has 2 amide bonds. The lowest BCUT2D eigenvalue weighted by Crippen LogP contribution is -2.55. The highest BCUT2D eigenvalue weighted by Gasteiger charge is 2.45. The third-order valence-corrected chi connectivity index (χ3v) is 5.34. The Balaban J connectivity index is 2.38. The molecule has 1 aromatic carbocycles. The van der Waals surface area contributed by atoms with Crippen LogP contribution in [0.2, 0.25) is 5.02 Å². The fourth-order valence-corrected chi connectivity index (χ4v) is 4.05. The Labute approximate surface area is 167 Å². The monoisotopic (exact) mass is 419 g/mol. The van der Waals surface area contributed by atoms with Gasteiger partial charge in [-0.1, -0.05) is 23.7 Å². The standard InChI is InChI=1S/C19H25ClF3N3O2/c1-11(24)18(28)26-16(12(2)25(13(3)27)10-19(21,22)23)7-8-17(26)14-5-4-6-15(20)9-14/h4-6,9,11-12,16-17H,7-8,10,24H2,1-3H3/t11?,12?,16-,17+/m1/s1. The molecule has 1 aliphatic rings. The van der Waals surface area contributed by atoms with E-state index in [1.54, 1.807) is 25.1 Å². The van der Waals surface area contributed by atoms with Crippen molar-refractivity contribution in [2.75, 3.05) is 6.54 Å². The predicted molar refractivity (Wildman–Crippen MR) is 101 cm³/mol. The minimum absolute atomic E-state index is 0.357. The molecule has 0 spiro atoms. The number of likely N-dealkylation sites (tertiary alicyclic amines) is 1. The molecule has 1 saturated heterocycles. The molecule has 28 heavy (non-hydrogen) atoms. The van der Waals surface area contributed by atoms with Gasteiger partial charge in [-0.2, -0.15) is 13.2 Å². The quantitative estimate of drug-likeness (QED) is 0.794. The van der Waals surface area contributed by atoms with Crippen molar-refractivity contribution in [3.8, 4) is 0 Å². The van der Waals surface area contributed by atoms with Crippen LogP contribution < -0.4 is 5.73 Å². The molecule has 0 radical (unpaired) electrons. The van der Waals surface area contributed by atoms with E-state index in [0.29, 0.717) is 17.9 Å². The van der Waals surface area contributed by atoms with Gasteiger partial charge >= 0.3 is 6.18 Å². The zero-order valence-corrected chi connectivity index (χ0v) is 16.8. The third-order valence-electron chi connectivity index (χ3n) is 5.11. The van der Waals surface area contributed by atoms with E-state index in [9.17, 15) is 22.8 Å². The highest BCUT2D eigenvalue weighted by Crippen LogP contribution is 2.39. The molecule has 5 nitrogen and oxygen atoms in total. The van der Waals surface area contributed by atoms with E-state index < -0.39 is 36.8 Å². The van der Waals surface area contributed by atoms with Crippen molar-refractivity contribution in [2.24, 2.45) is 5.73 Å². The molecule has 156 valence electrons. The lowest BCUT2D eigenvalue weighted by atomic mass is 10.0. The van der Waals surface area contributed by atoms with Gasteiger partial charge in [0.25, 0.3) is 0 Å². The molecule has 4 atom stereocenters. The largest absolute Gasteiger partial charge is 0.406 e. The van der Waals surface area contributed by atoms with Gasteiger partial charge < -0.3 is 15.5 Å². The molecule has 2 rings (SSSR count). The molecule has 0 aromatic heterocycles. The number of benzene rings is 1. The average Bonchev–Trinajstić information content (AvgIpc) is 3.02. The number of carbonyl (C=O) groups excluding carboxylic acids is 2. The van der Waals surface area contributed by atoms with E-state index in [1.165, 1.54) is 11.8 Å². The molecule has 0 saturated carbocycles. The molecule has 1 aromatic rings. The summed E-state index contributed by atoms with van der Waals surface area (Å²) in [5.74, 6) is -1.06. The maximum atomic E-state index is 13.0. The van der Waals surface area contributed by atoms with Gasteiger partial charge in [0, 0.05) is 18.0 Å². The smallest absolute Gasteiger partial charge is 0.329 e. The van der Waals surface area contributed by atoms with Crippen LogP contribution >= 0.6 is 11.6 Å². The van der Waals surface area contributed by atoms with Crippen LogP contribution in [-0.4, -0.2) is 52.5 Å². The highest BCUT2D eigenvalue weighted by molar-refractivity contribution is 6.30. The maximum absolute atomic E-state index is 13.0. The minimum atomic E-state index is -4.53. The first-order valence-electron chi connectivity index (χ1n) is 9.09. The van der Waals surface area contributed by atoms with Crippen LogP contribution in [0, 0.1) is 0 Å². The number of nitrogens with two attached hydrogens (primary N) is 1. The topological polar surface area (TPSA) is 66.6 Å². The summed E-state index contributed by atoms with van der Waals surface area (Å²) in [6.07, 6.45) is -3.52. The van der Waals surface area contributed by atoms with Gasteiger partial charge in [-0.25, -0.2) is 0 Å². The lowest BCUT2D eigenvalue weighted by Gasteiger charge is -2.39. The summed E-state index contributed by atoms with van der Waals surface area (Å²) in [5, 5.41) is 0.504. The van der Waals surface area contributed by atoms with Gasteiger partial charge in [0.15, 0.2) is 0 Å². The Morgan fingerprint density at radius 3 is 2.46 bits per heavy atom. The van der Waals surface area contributed by atoms with Gasteiger partial charge in [-0.15, -0.1) is 0 Å². The van der Waals surface area contributed by atoms with Crippen LogP contribution in [-0.2, 0) is 9.59 Å². The molecule has 9 heteroatoms. The number of amides is 2. The van der Waals surface area contributed by atoms with Crippen molar-refractivity contribution in [3.63, 3.8) is 0 Å². The Morgan fingerprint density at radius 2 is 1.96 bits per heavy atom. The fourth-order valence-electron chi connectivity index (χ4n) is 3.85. The first kappa shape index (κ1) is 22.5. The predicted octanol–water partition coefficient (Wildman–Crippen LogP) is 3.52. The second kappa shape index (κ2) is 8.69. The number of carbonyl (C=O) groups is 2.